The van der Waals surface area contributed by atoms with Gasteiger partial charge in [0, 0.05) is 24.4 Å². The summed E-state index contributed by atoms with van der Waals surface area (Å²) in [6.45, 7) is 6.32. The summed E-state index contributed by atoms with van der Waals surface area (Å²) in [6, 6.07) is 0. The van der Waals surface area contributed by atoms with Crippen molar-refractivity contribution in [2.24, 2.45) is 5.73 Å². The maximum absolute atomic E-state index is 11.9. The van der Waals surface area contributed by atoms with Crippen LogP contribution in [-0.4, -0.2) is 50.0 Å². The highest BCUT2D eigenvalue weighted by Gasteiger charge is 2.38. The fourth-order valence-electron chi connectivity index (χ4n) is 3.20. The molecule has 114 valence electrons. The van der Waals surface area contributed by atoms with Gasteiger partial charge in [-0.2, -0.15) is 0 Å². The highest BCUT2D eigenvalue weighted by Crippen LogP contribution is 2.34. The molecule has 19 heavy (non-hydrogen) atoms. The van der Waals surface area contributed by atoms with E-state index in [1.165, 1.54) is 12.8 Å². The third kappa shape index (κ3) is 4.72. The van der Waals surface area contributed by atoms with E-state index in [1.54, 1.807) is 0 Å². The minimum atomic E-state index is -2.89. The van der Waals surface area contributed by atoms with Crippen LogP contribution in [0.25, 0.3) is 0 Å². The van der Waals surface area contributed by atoms with Crippen LogP contribution in [0.4, 0.5) is 0 Å². The zero-order chi connectivity index (χ0) is 14.4. The Morgan fingerprint density at radius 1 is 1.05 bits per heavy atom. The Morgan fingerprint density at radius 3 is 2.16 bits per heavy atom. The van der Waals surface area contributed by atoms with E-state index in [1.807, 2.05) is 6.92 Å². The molecule has 0 spiro atoms. The second-order valence-corrected chi connectivity index (χ2v) is 8.08. The van der Waals surface area contributed by atoms with Gasteiger partial charge in [-0.15, -0.1) is 0 Å². The van der Waals surface area contributed by atoms with Gasteiger partial charge in [0.15, 0.2) is 9.84 Å². The number of hydrogen-bond donors (Lipinski definition) is 1. The van der Waals surface area contributed by atoms with Crippen molar-refractivity contribution < 1.29 is 8.42 Å². The van der Waals surface area contributed by atoms with Crippen molar-refractivity contribution in [1.82, 2.24) is 4.90 Å². The zero-order valence-corrected chi connectivity index (χ0v) is 13.3. The fourth-order valence-corrected chi connectivity index (χ4v) is 4.53. The number of hydrogen-bond acceptors (Lipinski definition) is 4. The molecule has 0 amide bonds. The van der Waals surface area contributed by atoms with Gasteiger partial charge >= 0.3 is 0 Å². The molecule has 0 aliphatic heterocycles. The molecule has 1 fully saturated rings. The lowest BCUT2D eigenvalue weighted by atomic mass is 9.95. The van der Waals surface area contributed by atoms with Gasteiger partial charge < -0.3 is 5.73 Å². The SMILES string of the molecule is CCCN(CCS(=O)(=O)CCC)C1(CN)CCCC1. The Morgan fingerprint density at radius 2 is 1.68 bits per heavy atom. The van der Waals surface area contributed by atoms with E-state index >= 15 is 0 Å². The van der Waals surface area contributed by atoms with Gasteiger partial charge in [-0.1, -0.05) is 26.7 Å². The van der Waals surface area contributed by atoms with Gasteiger partial charge in [0.25, 0.3) is 0 Å². The van der Waals surface area contributed by atoms with Crippen LogP contribution in [0.2, 0.25) is 0 Å². The van der Waals surface area contributed by atoms with Gasteiger partial charge in [-0.3, -0.25) is 4.90 Å². The van der Waals surface area contributed by atoms with Gasteiger partial charge in [0.2, 0.25) is 0 Å². The molecule has 2 N–H and O–H groups in total. The molecule has 0 radical (unpaired) electrons. The van der Waals surface area contributed by atoms with Crippen LogP contribution in [0.5, 0.6) is 0 Å². The molecule has 0 aromatic carbocycles. The average molecular weight is 290 g/mol. The summed E-state index contributed by atoms with van der Waals surface area (Å²) in [5.41, 5.74) is 6.07. The van der Waals surface area contributed by atoms with Crippen LogP contribution in [0, 0.1) is 0 Å². The zero-order valence-electron chi connectivity index (χ0n) is 12.5. The molecular weight excluding hydrogens is 260 g/mol. The molecular formula is C14H30N2O2S. The van der Waals surface area contributed by atoms with Crippen LogP contribution in [0.1, 0.15) is 52.4 Å². The van der Waals surface area contributed by atoms with Gasteiger partial charge in [0.1, 0.15) is 0 Å². The van der Waals surface area contributed by atoms with Crippen LogP contribution >= 0.6 is 0 Å². The van der Waals surface area contributed by atoms with Crippen LogP contribution in [-0.2, 0) is 9.84 Å². The smallest absolute Gasteiger partial charge is 0.151 e. The molecule has 0 heterocycles. The second kappa shape index (κ2) is 7.60. The van der Waals surface area contributed by atoms with E-state index in [-0.39, 0.29) is 11.3 Å². The number of sulfone groups is 1. The van der Waals surface area contributed by atoms with Crippen molar-refractivity contribution in [2.45, 2.75) is 57.9 Å². The number of rotatable bonds is 9. The largest absolute Gasteiger partial charge is 0.329 e. The molecule has 5 heteroatoms. The maximum Gasteiger partial charge on any atom is 0.151 e. The first-order chi connectivity index (χ1) is 8.99. The quantitative estimate of drug-likeness (QED) is 0.703. The van der Waals surface area contributed by atoms with Crippen molar-refractivity contribution in [3.63, 3.8) is 0 Å². The lowest BCUT2D eigenvalue weighted by Crippen LogP contribution is -2.53. The number of nitrogens with zero attached hydrogens (tertiary/aromatic N) is 1. The summed E-state index contributed by atoms with van der Waals surface area (Å²) in [5.74, 6) is 0.588. The van der Waals surface area contributed by atoms with Crippen molar-refractivity contribution in [3.8, 4) is 0 Å². The molecule has 0 aromatic rings. The summed E-state index contributed by atoms with van der Waals surface area (Å²) in [5, 5.41) is 0. The highest BCUT2D eigenvalue weighted by molar-refractivity contribution is 7.91. The molecule has 4 nitrogen and oxygen atoms in total. The van der Waals surface area contributed by atoms with E-state index < -0.39 is 9.84 Å². The monoisotopic (exact) mass is 290 g/mol. The molecule has 1 aliphatic carbocycles. The number of nitrogens with two attached hydrogens (primary N) is 1. The second-order valence-electron chi connectivity index (χ2n) is 5.77. The third-order valence-corrected chi connectivity index (χ3v) is 6.10. The van der Waals surface area contributed by atoms with E-state index in [0.717, 1.165) is 25.8 Å². The van der Waals surface area contributed by atoms with Gasteiger partial charge in [-0.05, 0) is 32.2 Å². The third-order valence-electron chi connectivity index (χ3n) is 4.27. The van der Waals surface area contributed by atoms with E-state index in [0.29, 0.717) is 25.3 Å². The Kier molecular flexibility index (Phi) is 6.77. The van der Waals surface area contributed by atoms with Crippen LogP contribution < -0.4 is 5.73 Å². The summed E-state index contributed by atoms with van der Waals surface area (Å²) >= 11 is 0. The first-order valence-electron chi connectivity index (χ1n) is 7.65. The summed E-state index contributed by atoms with van der Waals surface area (Å²) in [6.07, 6.45) is 6.45. The molecule has 1 aliphatic rings. The average Bonchev–Trinajstić information content (AvgIpc) is 2.84. The summed E-state index contributed by atoms with van der Waals surface area (Å²) in [7, 11) is -2.89. The fraction of sp³-hybridized carbons (Fsp3) is 1.00. The Balaban J connectivity index is 2.67. The summed E-state index contributed by atoms with van der Waals surface area (Å²) in [4.78, 5) is 2.35. The Labute approximate surface area is 118 Å². The topological polar surface area (TPSA) is 63.4 Å². The van der Waals surface area contributed by atoms with E-state index in [9.17, 15) is 8.42 Å². The lowest BCUT2D eigenvalue weighted by molar-refractivity contribution is 0.106. The standard InChI is InChI=1S/C14H30N2O2S/c1-3-9-16(10-12-19(17,18)11-4-2)14(13-15)7-5-6-8-14/h3-13,15H2,1-2H3. The lowest BCUT2D eigenvalue weighted by Gasteiger charge is -2.40. The Hall–Kier alpha value is -0.130. The van der Waals surface area contributed by atoms with Crippen molar-refractivity contribution in [2.75, 3.05) is 31.1 Å². The Bertz CT molecular complexity index is 348. The molecule has 0 unspecified atom stereocenters. The molecule has 0 saturated heterocycles. The maximum atomic E-state index is 11.9. The normalized spacial score (nSPS) is 19.2. The minimum absolute atomic E-state index is 0.0672. The molecule has 1 saturated carbocycles. The first-order valence-corrected chi connectivity index (χ1v) is 9.47. The van der Waals surface area contributed by atoms with Crippen molar-refractivity contribution in [3.05, 3.63) is 0 Å². The molecule has 0 bridgehead atoms. The minimum Gasteiger partial charge on any atom is -0.329 e. The first kappa shape index (κ1) is 16.9. The molecule has 1 rings (SSSR count). The van der Waals surface area contributed by atoms with Crippen LogP contribution in [0.3, 0.4) is 0 Å². The van der Waals surface area contributed by atoms with Gasteiger partial charge in [-0.25, -0.2) is 8.42 Å². The molecule has 0 atom stereocenters. The van der Waals surface area contributed by atoms with Crippen molar-refractivity contribution in [1.29, 1.82) is 0 Å². The van der Waals surface area contributed by atoms with E-state index in [2.05, 4.69) is 11.8 Å². The van der Waals surface area contributed by atoms with Gasteiger partial charge in [0.05, 0.1) is 5.75 Å². The van der Waals surface area contributed by atoms with E-state index in [4.69, 9.17) is 5.73 Å². The predicted octanol–water partition coefficient (Wildman–Crippen LogP) is 1.79. The van der Waals surface area contributed by atoms with Crippen LogP contribution in [0.15, 0.2) is 0 Å². The summed E-state index contributed by atoms with van der Waals surface area (Å²) < 4.78 is 23.8. The van der Waals surface area contributed by atoms with Crippen molar-refractivity contribution >= 4 is 9.84 Å². The molecule has 0 aromatic heterocycles. The highest BCUT2D eigenvalue weighted by atomic mass is 32.2. The predicted molar refractivity (Wildman–Crippen MR) is 81.1 cm³/mol.